The van der Waals surface area contributed by atoms with Gasteiger partial charge in [-0.2, -0.15) is 4.52 Å². The molecule has 0 radical (unpaired) electrons. The zero-order chi connectivity index (χ0) is 16.4. The SMILES string of the molecule is CC1CCCCN1CCCNc1nn2cnnc2c2c1CCCC2. The van der Waals surface area contributed by atoms with Gasteiger partial charge in [0.05, 0.1) is 0 Å². The lowest BCUT2D eigenvalue weighted by atomic mass is 9.93. The first-order valence-electron chi connectivity index (χ1n) is 9.52. The number of nitrogens with zero attached hydrogens (tertiary/aromatic N) is 5. The van der Waals surface area contributed by atoms with Crippen molar-refractivity contribution in [2.45, 2.75) is 64.3 Å². The van der Waals surface area contributed by atoms with E-state index in [0.29, 0.717) is 0 Å². The highest BCUT2D eigenvalue weighted by Crippen LogP contribution is 2.28. The third-order valence-corrected chi connectivity index (χ3v) is 5.62. The number of rotatable bonds is 5. The van der Waals surface area contributed by atoms with Crippen molar-refractivity contribution in [1.29, 1.82) is 0 Å². The Balaban J connectivity index is 1.41. The minimum atomic E-state index is 0.748. The Kier molecular flexibility index (Phi) is 4.65. The molecule has 3 heterocycles. The molecular weight excluding hydrogens is 300 g/mol. The van der Waals surface area contributed by atoms with Gasteiger partial charge in [0, 0.05) is 30.3 Å². The van der Waals surface area contributed by atoms with Crippen LogP contribution in [0, 0.1) is 0 Å². The highest BCUT2D eigenvalue weighted by atomic mass is 15.4. The minimum Gasteiger partial charge on any atom is -0.368 e. The second-order valence-electron chi connectivity index (χ2n) is 7.27. The highest BCUT2D eigenvalue weighted by molar-refractivity contribution is 5.59. The van der Waals surface area contributed by atoms with Crippen molar-refractivity contribution in [1.82, 2.24) is 24.7 Å². The quantitative estimate of drug-likeness (QED) is 0.855. The minimum absolute atomic E-state index is 0.748. The van der Waals surface area contributed by atoms with E-state index in [4.69, 9.17) is 5.10 Å². The van der Waals surface area contributed by atoms with Gasteiger partial charge >= 0.3 is 0 Å². The van der Waals surface area contributed by atoms with Crippen LogP contribution in [0.25, 0.3) is 5.65 Å². The first-order chi connectivity index (χ1) is 11.8. The summed E-state index contributed by atoms with van der Waals surface area (Å²) in [7, 11) is 0. The van der Waals surface area contributed by atoms with Crippen LogP contribution in [0.2, 0.25) is 0 Å². The Hall–Kier alpha value is -1.69. The first-order valence-corrected chi connectivity index (χ1v) is 9.52. The molecule has 1 aliphatic heterocycles. The zero-order valence-electron chi connectivity index (χ0n) is 14.7. The van der Waals surface area contributed by atoms with E-state index in [9.17, 15) is 0 Å². The van der Waals surface area contributed by atoms with Crippen LogP contribution in [0.15, 0.2) is 6.33 Å². The maximum absolute atomic E-state index is 4.71. The summed E-state index contributed by atoms with van der Waals surface area (Å²) < 4.78 is 1.83. The van der Waals surface area contributed by atoms with Crippen molar-refractivity contribution in [3.8, 4) is 0 Å². The number of likely N-dealkylation sites (tertiary alicyclic amines) is 1. The van der Waals surface area contributed by atoms with Crippen molar-refractivity contribution in [2.75, 3.05) is 25.0 Å². The Bertz CT molecular complexity index is 694. The molecule has 0 saturated carbocycles. The van der Waals surface area contributed by atoms with E-state index in [0.717, 1.165) is 36.9 Å². The van der Waals surface area contributed by atoms with Crippen molar-refractivity contribution < 1.29 is 0 Å². The van der Waals surface area contributed by atoms with Crippen LogP contribution in [-0.2, 0) is 12.8 Å². The number of hydrogen-bond donors (Lipinski definition) is 1. The Morgan fingerprint density at radius 1 is 1.17 bits per heavy atom. The van der Waals surface area contributed by atoms with E-state index in [1.807, 2.05) is 4.52 Å². The fourth-order valence-corrected chi connectivity index (χ4v) is 4.20. The number of aromatic nitrogens is 4. The van der Waals surface area contributed by atoms with Gasteiger partial charge in [-0.1, -0.05) is 6.42 Å². The predicted octanol–water partition coefficient (Wildman–Crippen LogP) is 2.68. The van der Waals surface area contributed by atoms with Crippen LogP contribution in [0.5, 0.6) is 0 Å². The van der Waals surface area contributed by atoms with Gasteiger partial charge in [-0.25, -0.2) is 0 Å². The number of anilines is 1. The zero-order valence-corrected chi connectivity index (χ0v) is 14.7. The molecule has 1 fully saturated rings. The third-order valence-electron chi connectivity index (χ3n) is 5.62. The van der Waals surface area contributed by atoms with Gasteiger partial charge in [0.25, 0.3) is 0 Å². The molecule has 1 N–H and O–H groups in total. The molecule has 4 rings (SSSR count). The summed E-state index contributed by atoms with van der Waals surface area (Å²) in [4.78, 5) is 2.64. The molecule has 130 valence electrons. The van der Waals surface area contributed by atoms with Crippen molar-refractivity contribution in [3.63, 3.8) is 0 Å². The molecule has 2 aliphatic rings. The predicted molar refractivity (Wildman–Crippen MR) is 95.4 cm³/mol. The summed E-state index contributed by atoms with van der Waals surface area (Å²) in [5, 5.41) is 16.6. The van der Waals surface area contributed by atoms with Gasteiger partial charge in [0.15, 0.2) is 11.5 Å². The van der Waals surface area contributed by atoms with Gasteiger partial charge in [-0.15, -0.1) is 15.3 Å². The van der Waals surface area contributed by atoms with Crippen LogP contribution in [0.3, 0.4) is 0 Å². The average Bonchev–Trinajstić information content (AvgIpc) is 3.09. The van der Waals surface area contributed by atoms with E-state index in [2.05, 4.69) is 27.3 Å². The van der Waals surface area contributed by atoms with E-state index < -0.39 is 0 Å². The molecule has 24 heavy (non-hydrogen) atoms. The maximum atomic E-state index is 4.71. The monoisotopic (exact) mass is 328 g/mol. The van der Waals surface area contributed by atoms with Crippen LogP contribution in [0.4, 0.5) is 5.82 Å². The van der Waals surface area contributed by atoms with Crippen LogP contribution in [-0.4, -0.2) is 50.4 Å². The molecule has 0 bridgehead atoms. The molecule has 2 aromatic rings. The molecule has 0 amide bonds. The van der Waals surface area contributed by atoms with Gasteiger partial charge in [0.1, 0.15) is 6.33 Å². The molecule has 0 aromatic carbocycles. The van der Waals surface area contributed by atoms with Gasteiger partial charge < -0.3 is 10.2 Å². The molecule has 1 atom stereocenters. The summed E-state index contributed by atoms with van der Waals surface area (Å²) in [6.45, 7) is 5.80. The maximum Gasteiger partial charge on any atom is 0.181 e. The van der Waals surface area contributed by atoms with Crippen LogP contribution < -0.4 is 5.32 Å². The standard InChI is InChI=1S/C18H28N6/c1-14-7-4-5-11-23(14)12-6-10-19-17-15-8-2-3-9-16(15)18-21-20-13-24(18)22-17/h13-14H,2-12H2,1H3,(H,19,22). The highest BCUT2D eigenvalue weighted by Gasteiger charge is 2.20. The van der Waals surface area contributed by atoms with E-state index in [-0.39, 0.29) is 0 Å². The fourth-order valence-electron chi connectivity index (χ4n) is 4.20. The van der Waals surface area contributed by atoms with Crippen molar-refractivity contribution in [3.05, 3.63) is 17.5 Å². The van der Waals surface area contributed by atoms with E-state index >= 15 is 0 Å². The van der Waals surface area contributed by atoms with Crippen LogP contribution in [0.1, 0.15) is 56.6 Å². The molecular formula is C18H28N6. The number of piperidine rings is 1. The smallest absolute Gasteiger partial charge is 0.181 e. The van der Waals surface area contributed by atoms with E-state index in [1.165, 1.54) is 62.7 Å². The molecule has 1 aliphatic carbocycles. The lowest BCUT2D eigenvalue weighted by Crippen LogP contribution is -2.38. The Morgan fingerprint density at radius 3 is 2.92 bits per heavy atom. The lowest BCUT2D eigenvalue weighted by Gasteiger charge is -2.33. The molecule has 6 nitrogen and oxygen atoms in total. The summed E-state index contributed by atoms with van der Waals surface area (Å²) >= 11 is 0. The number of aryl methyl sites for hydroxylation is 1. The fraction of sp³-hybridized carbons (Fsp3) is 0.722. The van der Waals surface area contributed by atoms with Crippen LogP contribution >= 0.6 is 0 Å². The van der Waals surface area contributed by atoms with E-state index in [1.54, 1.807) is 6.33 Å². The van der Waals surface area contributed by atoms with Crippen molar-refractivity contribution >= 4 is 11.5 Å². The summed E-state index contributed by atoms with van der Waals surface area (Å²) in [5.41, 5.74) is 3.66. The largest absolute Gasteiger partial charge is 0.368 e. The first kappa shape index (κ1) is 15.8. The lowest BCUT2D eigenvalue weighted by molar-refractivity contribution is 0.160. The Morgan fingerprint density at radius 2 is 2.04 bits per heavy atom. The molecule has 0 spiro atoms. The normalized spacial score (nSPS) is 21.8. The third kappa shape index (κ3) is 3.11. The number of nitrogens with one attached hydrogen (secondary N) is 1. The summed E-state index contributed by atoms with van der Waals surface area (Å²) in [5.74, 6) is 1.05. The number of hydrogen-bond acceptors (Lipinski definition) is 5. The second-order valence-corrected chi connectivity index (χ2v) is 7.27. The Labute approximate surface area is 143 Å². The summed E-state index contributed by atoms with van der Waals surface area (Å²) in [6, 6.07) is 0.748. The van der Waals surface area contributed by atoms with Gasteiger partial charge in [-0.3, -0.25) is 0 Å². The topological polar surface area (TPSA) is 58.4 Å². The summed E-state index contributed by atoms with van der Waals surface area (Å²) in [6.07, 6.45) is 11.7. The van der Waals surface area contributed by atoms with Crippen molar-refractivity contribution in [2.24, 2.45) is 0 Å². The molecule has 2 aromatic heterocycles. The molecule has 1 unspecified atom stereocenters. The van der Waals surface area contributed by atoms with Gasteiger partial charge in [0.2, 0.25) is 0 Å². The average molecular weight is 328 g/mol. The molecule has 1 saturated heterocycles. The number of fused-ring (bicyclic) bond motifs is 3. The molecule has 6 heteroatoms. The second kappa shape index (κ2) is 7.05. The van der Waals surface area contributed by atoms with Gasteiger partial charge in [-0.05, 0) is 58.4 Å².